The molecule has 0 spiro atoms. The molecule has 0 unspecified atom stereocenters. The molecule has 1 aromatic carbocycles. The average Bonchev–Trinajstić information content (AvgIpc) is 3.01. The van der Waals surface area contributed by atoms with E-state index in [-0.39, 0.29) is 11.8 Å². The minimum absolute atomic E-state index is 0.0744. The largest absolute Gasteiger partial charge is 0.345 e. The van der Waals surface area contributed by atoms with Crippen LogP contribution in [-0.4, -0.2) is 40.4 Å². The smallest absolute Gasteiger partial charge is 0.253 e. The minimum Gasteiger partial charge on any atom is -0.345 e. The van der Waals surface area contributed by atoms with Crippen molar-refractivity contribution in [2.24, 2.45) is 0 Å². The Morgan fingerprint density at radius 1 is 1.29 bits per heavy atom. The van der Waals surface area contributed by atoms with Crippen LogP contribution < -0.4 is 5.32 Å². The highest BCUT2D eigenvalue weighted by atomic mass is 16.2. The molecule has 0 aliphatic heterocycles. The Bertz CT molecular complexity index is 734. The number of rotatable bonds is 6. The highest BCUT2D eigenvalue weighted by molar-refractivity contribution is 5.99. The molecule has 2 amide bonds. The summed E-state index contributed by atoms with van der Waals surface area (Å²) in [6.07, 6.45) is 4.82. The van der Waals surface area contributed by atoms with E-state index in [4.69, 9.17) is 0 Å². The third-order valence-corrected chi connectivity index (χ3v) is 3.94. The second-order valence-corrected chi connectivity index (χ2v) is 5.87. The maximum atomic E-state index is 12.2. The molecule has 0 atom stereocenters. The first-order valence-corrected chi connectivity index (χ1v) is 8.05. The first-order chi connectivity index (χ1) is 11.4. The molecule has 0 fully saturated rings. The Morgan fingerprint density at radius 3 is 2.71 bits per heavy atom. The average molecular weight is 328 g/mol. The van der Waals surface area contributed by atoms with Gasteiger partial charge in [0.1, 0.15) is 5.82 Å². The van der Waals surface area contributed by atoms with Crippen LogP contribution in [0.15, 0.2) is 30.6 Å². The molecule has 0 aliphatic carbocycles. The zero-order chi connectivity index (χ0) is 17.7. The van der Waals surface area contributed by atoms with Crippen molar-refractivity contribution in [2.75, 3.05) is 19.4 Å². The molecule has 128 valence electrons. The lowest BCUT2D eigenvalue weighted by atomic mass is 10.1. The van der Waals surface area contributed by atoms with E-state index in [1.54, 1.807) is 32.4 Å². The van der Waals surface area contributed by atoms with Crippen molar-refractivity contribution in [3.8, 4) is 0 Å². The number of aromatic nitrogens is 2. The fourth-order valence-electron chi connectivity index (χ4n) is 2.54. The third kappa shape index (κ3) is 4.01. The maximum Gasteiger partial charge on any atom is 0.253 e. The van der Waals surface area contributed by atoms with E-state index in [9.17, 15) is 9.59 Å². The van der Waals surface area contributed by atoms with Crippen LogP contribution in [0, 0.1) is 6.92 Å². The standard InChI is InChI=1S/C18H24N4O2/c1-5-16-19-10-12-22(16)11-9-17(23)20-15-8-6-7-14(13(15)2)18(24)21(3)4/h6-8,10,12H,5,9,11H2,1-4H3,(H,20,23). The molecule has 2 rings (SSSR count). The summed E-state index contributed by atoms with van der Waals surface area (Å²) < 4.78 is 1.98. The van der Waals surface area contributed by atoms with Crippen LogP contribution in [0.25, 0.3) is 0 Å². The number of hydrogen-bond acceptors (Lipinski definition) is 3. The van der Waals surface area contributed by atoms with Crippen molar-refractivity contribution < 1.29 is 9.59 Å². The first-order valence-electron chi connectivity index (χ1n) is 8.05. The quantitative estimate of drug-likeness (QED) is 0.886. The summed E-state index contributed by atoms with van der Waals surface area (Å²) in [5.41, 5.74) is 2.05. The fourth-order valence-corrected chi connectivity index (χ4v) is 2.54. The minimum atomic E-state index is -0.0803. The Morgan fingerprint density at radius 2 is 2.04 bits per heavy atom. The van der Waals surface area contributed by atoms with Crippen molar-refractivity contribution in [1.29, 1.82) is 0 Å². The van der Waals surface area contributed by atoms with Gasteiger partial charge >= 0.3 is 0 Å². The molecule has 6 nitrogen and oxygen atoms in total. The molecule has 6 heteroatoms. The topological polar surface area (TPSA) is 67.2 Å². The van der Waals surface area contributed by atoms with E-state index in [0.717, 1.165) is 17.8 Å². The van der Waals surface area contributed by atoms with Gasteiger partial charge in [-0.1, -0.05) is 13.0 Å². The number of imidazole rings is 1. The summed E-state index contributed by atoms with van der Waals surface area (Å²) in [6.45, 7) is 4.47. The molecule has 1 heterocycles. The van der Waals surface area contributed by atoms with E-state index < -0.39 is 0 Å². The predicted octanol–water partition coefficient (Wildman–Crippen LogP) is 2.48. The molecule has 0 saturated heterocycles. The van der Waals surface area contributed by atoms with Crippen molar-refractivity contribution >= 4 is 17.5 Å². The molecule has 24 heavy (non-hydrogen) atoms. The van der Waals surface area contributed by atoms with Gasteiger partial charge in [0.25, 0.3) is 5.91 Å². The predicted molar refractivity (Wildman–Crippen MR) is 94.0 cm³/mol. The van der Waals surface area contributed by atoms with Crippen molar-refractivity contribution in [3.05, 3.63) is 47.5 Å². The number of nitrogens with zero attached hydrogens (tertiary/aromatic N) is 3. The number of aryl methyl sites for hydroxylation is 2. The van der Waals surface area contributed by atoms with Gasteiger partial charge in [-0.3, -0.25) is 9.59 Å². The molecule has 1 aromatic heterocycles. The highest BCUT2D eigenvalue weighted by Crippen LogP contribution is 2.20. The SMILES string of the molecule is CCc1nccn1CCC(=O)Nc1cccc(C(=O)N(C)C)c1C. The monoisotopic (exact) mass is 328 g/mol. The Kier molecular flexibility index (Phi) is 5.73. The summed E-state index contributed by atoms with van der Waals surface area (Å²) >= 11 is 0. The number of carbonyl (C=O) groups is 2. The van der Waals surface area contributed by atoms with E-state index in [1.807, 2.05) is 30.7 Å². The summed E-state index contributed by atoms with van der Waals surface area (Å²) in [7, 11) is 3.42. The number of hydrogen-bond donors (Lipinski definition) is 1. The lowest BCUT2D eigenvalue weighted by Crippen LogP contribution is -2.23. The van der Waals surface area contributed by atoms with Crippen LogP contribution in [-0.2, 0) is 17.8 Å². The molecule has 1 N–H and O–H groups in total. The van der Waals surface area contributed by atoms with Gasteiger partial charge in [-0.05, 0) is 24.6 Å². The Labute approximate surface area is 142 Å². The lowest BCUT2D eigenvalue weighted by molar-refractivity contribution is -0.116. The molecule has 0 radical (unpaired) electrons. The lowest BCUT2D eigenvalue weighted by Gasteiger charge is -2.15. The van der Waals surface area contributed by atoms with Crippen molar-refractivity contribution in [1.82, 2.24) is 14.5 Å². The van der Waals surface area contributed by atoms with Gasteiger partial charge in [-0.15, -0.1) is 0 Å². The van der Waals surface area contributed by atoms with Gasteiger partial charge < -0.3 is 14.8 Å². The Hall–Kier alpha value is -2.63. The van der Waals surface area contributed by atoms with Gasteiger partial charge in [0, 0.05) is 57.1 Å². The van der Waals surface area contributed by atoms with Gasteiger partial charge in [0.15, 0.2) is 0 Å². The molecular weight excluding hydrogens is 304 g/mol. The van der Waals surface area contributed by atoms with Crippen LogP contribution in [0.5, 0.6) is 0 Å². The molecule has 0 bridgehead atoms. The van der Waals surface area contributed by atoms with Crippen LogP contribution >= 0.6 is 0 Å². The highest BCUT2D eigenvalue weighted by Gasteiger charge is 2.14. The maximum absolute atomic E-state index is 12.2. The van der Waals surface area contributed by atoms with E-state index in [1.165, 1.54) is 4.90 Å². The number of amides is 2. The van der Waals surface area contributed by atoms with E-state index in [2.05, 4.69) is 10.3 Å². The number of carbonyl (C=O) groups excluding carboxylic acids is 2. The van der Waals surface area contributed by atoms with Gasteiger partial charge in [0.2, 0.25) is 5.91 Å². The molecule has 2 aromatic rings. The van der Waals surface area contributed by atoms with Gasteiger partial charge in [-0.2, -0.15) is 0 Å². The van der Waals surface area contributed by atoms with Crippen LogP contribution in [0.3, 0.4) is 0 Å². The summed E-state index contributed by atoms with van der Waals surface area (Å²) in [4.78, 5) is 30.2. The van der Waals surface area contributed by atoms with Gasteiger partial charge in [0.05, 0.1) is 0 Å². The summed E-state index contributed by atoms with van der Waals surface area (Å²) in [5.74, 6) is 0.815. The number of nitrogens with one attached hydrogen (secondary N) is 1. The first kappa shape index (κ1) is 17.7. The van der Waals surface area contributed by atoms with Gasteiger partial charge in [-0.25, -0.2) is 4.98 Å². The van der Waals surface area contributed by atoms with E-state index >= 15 is 0 Å². The van der Waals surface area contributed by atoms with Crippen LogP contribution in [0.1, 0.15) is 35.1 Å². The molecular formula is C18H24N4O2. The Balaban J connectivity index is 2.04. The third-order valence-electron chi connectivity index (χ3n) is 3.94. The summed E-state index contributed by atoms with van der Waals surface area (Å²) in [6, 6.07) is 5.37. The fraction of sp³-hybridized carbons (Fsp3) is 0.389. The zero-order valence-corrected chi connectivity index (χ0v) is 14.7. The number of anilines is 1. The number of benzene rings is 1. The van der Waals surface area contributed by atoms with Crippen molar-refractivity contribution in [3.63, 3.8) is 0 Å². The molecule has 0 saturated carbocycles. The van der Waals surface area contributed by atoms with Crippen LogP contribution in [0.2, 0.25) is 0 Å². The second kappa shape index (κ2) is 7.77. The van der Waals surface area contributed by atoms with E-state index in [0.29, 0.717) is 24.2 Å². The normalized spacial score (nSPS) is 10.5. The zero-order valence-electron chi connectivity index (χ0n) is 14.7. The molecule has 0 aliphatic rings. The van der Waals surface area contributed by atoms with Crippen LogP contribution in [0.4, 0.5) is 5.69 Å². The summed E-state index contributed by atoms with van der Waals surface area (Å²) in [5, 5.41) is 2.90. The van der Waals surface area contributed by atoms with Crippen molar-refractivity contribution in [2.45, 2.75) is 33.2 Å². The second-order valence-electron chi connectivity index (χ2n) is 5.87.